The summed E-state index contributed by atoms with van der Waals surface area (Å²) in [7, 11) is 0. The van der Waals surface area contributed by atoms with Crippen molar-refractivity contribution >= 4 is 11.8 Å². The van der Waals surface area contributed by atoms with Crippen molar-refractivity contribution in [3.05, 3.63) is 35.4 Å². The maximum Gasteiger partial charge on any atom is 0.236 e. The van der Waals surface area contributed by atoms with Crippen LogP contribution >= 0.6 is 0 Å². The van der Waals surface area contributed by atoms with Crippen molar-refractivity contribution in [3.63, 3.8) is 0 Å². The number of amides is 2. The Balaban J connectivity index is 1.76. The van der Waals surface area contributed by atoms with E-state index in [0.717, 1.165) is 45.3 Å². The average Bonchev–Trinajstić information content (AvgIpc) is 3.04. The third-order valence-electron chi connectivity index (χ3n) is 6.38. The lowest BCUT2D eigenvalue weighted by molar-refractivity contribution is -0.136. The summed E-state index contributed by atoms with van der Waals surface area (Å²) in [5.41, 5.74) is 2.43. The van der Waals surface area contributed by atoms with Gasteiger partial charge in [-0.05, 0) is 45.6 Å². The molecule has 28 heavy (non-hydrogen) atoms. The fourth-order valence-electron chi connectivity index (χ4n) is 4.86. The van der Waals surface area contributed by atoms with E-state index in [-0.39, 0.29) is 17.9 Å². The number of likely N-dealkylation sites (tertiary alicyclic amines) is 2. The first-order chi connectivity index (χ1) is 13.5. The lowest BCUT2D eigenvalue weighted by Crippen LogP contribution is -2.50. The first-order valence-electron chi connectivity index (χ1n) is 10.9. The highest BCUT2D eigenvalue weighted by atomic mass is 16.2. The van der Waals surface area contributed by atoms with Gasteiger partial charge in [-0.25, -0.2) is 0 Å². The van der Waals surface area contributed by atoms with E-state index in [0.29, 0.717) is 25.6 Å². The van der Waals surface area contributed by atoms with Crippen molar-refractivity contribution in [3.8, 4) is 0 Å². The number of nitrogens with zero attached hydrogens (tertiary/aromatic N) is 3. The smallest absolute Gasteiger partial charge is 0.236 e. The summed E-state index contributed by atoms with van der Waals surface area (Å²) >= 11 is 0. The van der Waals surface area contributed by atoms with Crippen LogP contribution in [0.25, 0.3) is 0 Å². The second-order valence-corrected chi connectivity index (χ2v) is 8.22. The highest BCUT2D eigenvalue weighted by molar-refractivity contribution is 5.78. The Morgan fingerprint density at radius 2 is 1.93 bits per heavy atom. The molecule has 0 spiro atoms. The van der Waals surface area contributed by atoms with Gasteiger partial charge in [0.1, 0.15) is 0 Å². The van der Waals surface area contributed by atoms with Crippen LogP contribution in [0.5, 0.6) is 0 Å². The van der Waals surface area contributed by atoms with Gasteiger partial charge in [-0.3, -0.25) is 14.5 Å². The van der Waals surface area contributed by atoms with Crippen LogP contribution in [0.3, 0.4) is 0 Å². The molecule has 0 aromatic heterocycles. The molecule has 1 aromatic carbocycles. The number of aryl methyl sites for hydroxylation is 1. The third kappa shape index (κ3) is 4.75. The largest absolute Gasteiger partial charge is 0.342 e. The molecule has 5 nitrogen and oxygen atoms in total. The van der Waals surface area contributed by atoms with Gasteiger partial charge >= 0.3 is 0 Å². The van der Waals surface area contributed by atoms with Crippen molar-refractivity contribution in [2.24, 2.45) is 0 Å². The summed E-state index contributed by atoms with van der Waals surface area (Å²) in [6.07, 6.45) is 4.71. The molecule has 2 aliphatic rings. The van der Waals surface area contributed by atoms with Crippen molar-refractivity contribution in [2.45, 2.75) is 71.5 Å². The molecule has 2 heterocycles. The molecule has 0 N–H and O–H groups in total. The van der Waals surface area contributed by atoms with E-state index >= 15 is 0 Å². The van der Waals surface area contributed by atoms with Crippen LogP contribution in [0.2, 0.25) is 0 Å². The highest BCUT2D eigenvalue weighted by Gasteiger charge is 2.41. The van der Waals surface area contributed by atoms with Gasteiger partial charge in [-0.2, -0.15) is 0 Å². The molecule has 2 saturated heterocycles. The molecule has 0 radical (unpaired) electrons. The zero-order chi connectivity index (χ0) is 20.1. The van der Waals surface area contributed by atoms with E-state index < -0.39 is 0 Å². The van der Waals surface area contributed by atoms with E-state index in [9.17, 15) is 9.59 Å². The SMILES string of the molecule is CCN(CC)C(=O)CN1CC[C@H]2[C@H]1CCCCC(=O)N2Cc1cccc(C)c1. The van der Waals surface area contributed by atoms with E-state index in [4.69, 9.17) is 0 Å². The van der Waals surface area contributed by atoms with Gasteiger partial charge in [0.15, 0.2) is 0 Å². The van der Waals surface area contributed by atoms with Crippen LogP contribution in [-0.4, -0.2) is 64.8 Å². The van der Waals surface area contributed by atoms with E-state index in [1.807, 2.05) is 18.7 Å². The van der Waals surface area contributed by atoms with E-state index in [1.54, 1.807) is 0 Å². The summed E-state index contributed by atoms with van der Waals surface area (Å²) in [6, 6.07) is 8.98. The minimum atomic E-state index is 0.212. The topological polar surface area (TPSA) is 43.9 Å². The molecular weight excluding hydrogens is 350 g/mol. The quantitative estimate of drug-likeness (QED) is 0.755. The van der Waals surface area contributed by atoms with Gasteiger partial charge in [-0.1, -0.05) is 36.2 Å². The predicted molar refractivity (Wildman–Crippen MR) is 112 cm³/mol. The van der Waals surface area contributed by atoms with Crippen LogP contribution < -0.4 is 0 Å². The van der Waals surface area contributed by atoms with Crippen molar-refractivity contribution in [1.29, 1.82) is 0 Å². The first kappa shape index (κ1) is 20.8. The number of carbonyl (C=O) groups excluding carboxylic acids is 2. The minimum absolute atomic E-state index is 0.212. The summed E-state index contributed by atoms with van der Waals surface area (Å²) in [5.74, 6) is 0.484. The average molecular weight is 386 g/mol. The molecule has 3 rings (SSSR count). The van der Waals surface area contributed by atoms with Crippen molar-refractivity contribution < 1.29 is 9.59 Å². The van der Waals surface area contributed by atoms with E-state index in [1.165, 1.54) is 11.1 Å². The standard InChI is InChI=1S/C23H35N3O2/c1-4-24(5-2)23(28)17-25-14-13-21-20(25)11-6-7-12-22(27)26(21)16-19-10-8-9-18(3)15-19/h8-10,15,20-21H,4-7,11-14,16-17H2,1-3H3/t20-,21+/m1/s1. The minimum Gasteiger partial charge on any atom is -0.342 e. The second kappa shape index (κ2) is 9.55. The van der Waals surface area contributed by atoms with Crippen LogP contribution in [0, 0.1) is 6.92 Å². The summed E-state index contributed by atoms with van der Waals surface area (Å²) in [5, 5.41) is 0. The van der Waals surface area contributed by atoms with Gasteiger partial charge < -0.3 is 9.80 Å². The zero-order valence-corrected chi connectivity index (χ0v) is 17.7. The number of rotatable bonds is 6. The van der Waals surface area contributed by atoms with Gasteiger partial charge in [-0.15, -0.1) is 0 Å². The Labute approximate surface area is 169 Å². The van der Waals surface area contributed by atoms with Gasteiger partial charge in [0.25, 0.3) is 0 Å². The Bertz CT molecular complexity index is 686. The number of fused-ring (bicyclic) bond motifs is 1. The number of hydrogen-bond acceptors (Lipinski definition) is 3. The Morgan fingerprint density at radius 3 is 2.64 bits per heavy atom. The van der Waals surface area contributed by atoms with Gasteiger partial charge in [0.05, 0.1) is 6.54 Å². The van der Waals surface area contributed by atoms with Gasteiger partial charge in [0, 0.05) is 44.7 Å². The van der Waals surface area contributed by atoms with Crippen LogP contribution in [0.15, 0.2) is 24.3 Å². The number of likely N-dealkylation sites (N-methyl/N-ethyl adjacent to an activating group) is 1. The lowest BCUT2D eigenvalue weighted by atomic mass is 9.96. The molecule has 154 valence electrons. The molecule has 0 bridgehead atoms. The summed E-state index contributed by atoms with van der Waals surface area (Å²) in [6.45, 7) is 9.75. The van der Waals surface area contributed by atoms with Gasteiger partial charge in [0.2, 0.25) is 11.8 Å². The monoisotopic (exact) mass is 385 g/mol. The number of carbonyl (C=O) groups is 2. The first-order valence-corrected chi connectivity index (χ1v) is 10.9. The van der Waals surface area contributed by atoms with Crippen LogP contribution in [0.4, 0.5) is 0 Å². The van der Waals surface area contributed by atoms with Crippen molar-refractivity contribution in [2.75, 3.05) is 26.2 Å². The van der Waals surface area contributed by atoms with E-state index in [2.05, 4.69) is 41.0 Å². The summed E-state index contributed by atoms with van der Waals surface area (Å²) < 4.78 is 0. The molecule has 2 aliphatic heterocycles. The van der Waals surface area contributed by atoms with Crippen molar-refractivity contribution in [1.82, 2.24) is 14.7 Å². The number of hydrogen-bond donors (Lipinski definition) is 0. The Hall–Kier alpha value is -1.88. The second-order valence-electron chi connectivity index (χ2n) is 8.22. The molecule has 2 fully saturated rings. The maximum absolute atomic E-state index is 13.0. The highest BCUT2D eigenvalue weighted by Crippen LogP contribution is 2.31. The normalized spacial score (nSPS) is 23.2. The summed E-state index contributed by atoms with van der Waals surface area (Å²) in [4.78, 5) is 32.0. The predicted octanol–water partition coefficient (Wildman–Crippen LogP) is 3.21. The molecule has 0 aliphatic carbocycles. The number of benzene rings is 1. The van der Waals surface area contributed by atoms with Crippen LogP contribution in [-0.2, 0) is 16.1 Å². The molecule has 2 atom stereocenters. The maximum atomic E-state index is 13.0. The lowest BCUT2D eigenvalue weighted by Gasteiger charge is -2.38. The fourth-order valence-corrected chi connectivity index (χ4v) is 4.86. The molecule has 2 amide bonds. The van der Waals surface area contributed by atoms with Crippen LogP contribution in [0.1, 0.15) is 57.1 Å². The fraction of sp³-hybridized carbons (Fsp3) is 0.652. The molecule has 5 heteroatoms. The molecule has 0 saturated carbocycles. The Morgan fingerprint density at radius 1 is 1.14 bits per heavy atom. The Kier molecular flexibility index (Phi) is 7.11. The third-order valence-corrected chi connectivity index (χ3v) is 6.38. The molecule has 0 unspecified atom stereocenters. The molecule has 1 aromatic rings. The molecular formula is C23H35N3O2. The zero-order valence-electron chi connectivity index (χ0n) is 17.7.